The molecule has 16 heavy (non-hydrogen) atoms. The molecule has 0 aromatic carbocycles. The van der Waals surface area contributed by atoms with Gasteiger partial charge in [0.2, 0.25) is 5.91 Å². The summed E-state index contributed by atoms with van der Waals surface area (Å²) in [6.07, 6.45) is 9.73. The minimum atomic E-state index is 0.327. The lowest BCUT2D eigenvalue weighted by Crippen LogP contribution is -2.38. The molecule has 0 aromatic rings. The Morgan fingerprint density at radius 1 is 1.44 bits per heavy atom. The van der Waals surface area contributed by atoms with Crippen molar-refractivity contribution in [1.29, 1.82) is 0 Å². The van der Waals surface area contributed by atoms with Gasteiger partial charge in [0.1, 0.15) is 0 Å². The van der Waals surface area contributed by atoms with E-state index in [1.807, 2.05) is 0 Å². The van der Waals surface area contributed by atoms with E-state index in [0.717, 1.165) is 38.9 Å². The number of hydrogen-bond acceptors (Lipinski definition) is 2. The standard InChI is InChI=1S/C13H20N2O/c1-2-3-4-5-6-13(16)15-8-7-11-9-14-10-12(11)15/h1,11-12,14H,3-10H2/t11-,12+/m0/s1. The average molecular weight is 220 g/mol. The number of nitrogens with zero attached hydrogens (tertiary/aromatic N) is 1. The maximum absolute atomic E-state index is 12.0. The van der Waals surface area contributed by atoms with Crippen LogP contribution in [0.5, 0.6) is 0 Å². The van der Waals surface area contributed by atoms with Gasteiger partial charge in [0.25, 0.3) is 0 Å². The van der Waals surface area contributed by atoms with Gasteiger partial charge in [-0.15, -0.1) is 12.3 Å². The lowest BCUT2D eigenvalue weighted by Gasteiger charge is -2.23. The third-order valence-electron chi connectivity index (χ3n) is 3.73. The number of carbonyl (C=O) groups excluding carboxylic acids is 1. The number of terminal acetylenes is 1. The van der Waals surface area contributed by atoms with Gasteiger partial charge >= 0.3 is 0 Å². The van der Waals surface area contributed by atoms with E-state index in [4.69, 9.17) is 6.42 Å². The normalized spacial score (nSPS) is 27.8. The van der Waals surface area contributed by atoms with E-state index in [-0.39, 0.29) is 0 Å². The van der Waals surface area contributed by atoms with E-state index in [9.17, 15) is 4.79 Å². The van der Waals surface area contributed by atoms with Crippen molar-refractivity contribution >= 4 is 5.91 Å². The summed E-state index contributed by atoms with van der Waals surface area (Å²) < 4.78 is 0. The van der Waals surface area contributed by atoms with Crippen LogP contribution < -0.4 is 5.32 Å². The van der Waals surface area contributed by atoms with E-state index >= 15 is 0 Å². The van der Waals surface area contributed by atoms with Gasteiger partial charge in [0.05, 0.1) is 0 Å². The topological polar surface area (TPSA) is 32.3 Å². The van der Waals surface area contributed by atoms with Crippen LogP contribution in [-0.4, -0.2) is 36.5 Å². The molecule has 88 valence electrons. The third kappa shape index (κ3) is 2.38. The van der Waals surface area contributed by atoms with Crippen LogP contribution in [0.3, 0.4) is 0 Å². The summed E-state index contributed by atoms with van der Waals surface area (Å²) in [7, 11) is 0. The number of amides is 1. The Morgan fingerprint density at radius 2 is 2.31 bits per heavy atom. The van der Waals surface area contributed by atoms with Crippen LogP contribution >= 0.6 is 0 Å². The SMILES string of the molecule is C#CCCCCC(=O)N1CC[C@H]2CNC[C@H]21. The molecule has 2 aliphatic heterocycles. The molecular weight excluding hydrogens is 200 g/mol. The Kier molecular flexibility index (Phi) is 3.84. The van der Waals surface area contributed by atoms with Crippen molar-refractivity contribution in [3.63, 3.8) is 0 Å². The van der Waals surface area contributed by atoms with Crippen molar-refractivity contribution in [2.45, 2.75) is 38.1 Å². The summed E-state index contributed by atoms with van der Waals surface area (Å²) in [6.45, 7) is 3.04. The third-order valence-corrected chi connectivity index (χ3v) is 3.73. The summed E-state index contributed by atoms with van der Waals surface area (Å²) in [5.41, 5.74) is 0. The predicted octanol–water partition coefficient (Wildman–Crippen LogP) is 1.00. The molecule has 2 saturated heterocycles. The Hall–Kier alpha value is -1.01. The zero-order chi connectivity index (χ0) is 11.4. The molecule has 0 aliphatic carbocycles. The molecule has 2 rings (SSSR count). The predicted molar refractivity (Wildman–Crippen MR) is 63.8 cm³/mol. The van der Waals surface area contributed by atoms with Crippen LogP contribution in [0.4, 0.5) is 0 Å². The average Bonchev–Trinajstić information content (AvgIpc) is 2.85. The van der Waals surface area contributed by atoms with E-state index in [2.05, 4.69) is 16.1 Å². The highest BCUT2D eigenvalue weighted by Crippen LogP contribution is 2.27. The second-order valence-corrected chi connectivity index (χ2v) is 4.77. The molecule has 2 atom stereocenters. The lowest BCUT2D eigenvalue weighted by atomic mass is 10.0. The molecule has 2 heterocycles. The minimum absolute atomic E-state index is 0.327. The molecular formula is C13H20N2O. The largest absolute Gasteiger partial charge is 0.338 e. The summed E-state index contributed by atoms with van der Waals surface area (Å²) >= 11 is 0. The van der Waals surface area contributed by atoms with Gasteiger partial charge in [-0.25, -0.2) is 0 Å². The van der Waals surface area contributed by atoms with Gasteiger partial charge in [0, 0.05) is 38.5 Å². The Balaban J connectivity index is 1.75. The molecule has 2 aliphatic rings. The Morgan fingerprint density at radius 3 is 3.12 bits per heavy atom. The number of unbranched alkanes of at least 4 members (excludes halogenated alkanes) is 2. The molecule has 1 N–H and O–H groups in total. The summed E-state index contributed by atoms with van der Waals surface area (Å²) in [4.78, 5) is 14.1. The van der Waals surface area contributed by atoms with Crippen molar-refractivity contribution in [2.75, 3.05) is 19.6 Å². The first kappa shape index (κ1) is 11.5. The maximum atomic E-state index is 12.0. The van der Waals surface area contributed by atoms with Gasteiger partial charge in [-0.2, -0.15) is 0 Å². The smallest absolute Gasteiger partial charge is 0.222 e. The van der Waals surface area contributed by atoms with Crippen LogP contribution in [0, 0.1) is 18.3 Å². The quantitative estimate of drug-likeness (QED) is 0.566. The number of likely N-dealkylation sites (tertiary alicyclic amines) is 1. The molecule has 0 saturated carbocycles. The zero-order valence-corrected chi connectivity index (χ0v) is 9.74. The number of rotatable bonds is 4. The monoisotopic (exact) mass is 220 g/mol. The number of nitrogens with one attached hydrogen (secondary N) is 1. The first-order valence-electron chi connectivity index (χ1n) is 6.26. The van der Waals surface area contributed by atoms with Crippen LogP contribution in [-0.2, 0) is 4.79 Å². The van der Waals surface area contributed by atoms with Crippen LogP contribution in [0.15, 0.2) is 0 Å². The van der Waals surface area contributed by atoms with Crippen molar-refractivity contribution in [2.24, 2.45) is 5.92 Å². The Labute approximate surface area is 97.6 Å². The second kappa shape index (κ2) is 5.36. The van der Waals surface area contributed by atoms with Crippen molar-refractivity contribution in [3.8, 4) is 12.3 Å². The van der Waals surface area contributed by atoms with Gasteiger partial charge < -0.3 is 10.2 Å². The summed E-state index contributed by atoms with van der Waals surface area (Å²) in [6, 6.07) is 0.472. The molecule has 0 aromatic heterocycles. The second-order valence-electron chi connectivity index (χ2n) is 4.77. The van der Waals surface area contributed by atoms with Gasteiger partial charge in [-0.05, 0) is 25.2 Å². The highest BCUT2D eigenvalue weighted by Gasteiger charge is 2.39. The molecule has 0 spiro atoms. The molecule has 0 bridgehead atoms. The highest BCUT2D eigenvalue weighted by atomic mass is 16.2. The molecule has 0 radical (unpaired) electrons. The minimum Gasteiger partial charge on any atom is -0.338 e. The molecule has 3 heteroatoms. The molecule has 1 amide bonds. The van der Waals surface area contributed by atoms with Gasteiger partial charge in [0.15, 0.2) is 0 Å². The molecule has 0 unspecified atom stereocenters. The van der Waals surface area contributed by atoms with Crippen molar-refractivity contribution < 1.29 is 4.79 Å². The fraction of sp³-hybridized carbons (Fsp3) is 0.769. The van der Waals surface area contributed by atoms with Crippen LogP contribution in [0.2, 0.25) is 0 Å². The fourth-order valence-electron chi connectivity index (χ4n) is 2.81. The fourth-order valence-corrected chi connectivity index (χ4v) is 2.81. The van der Waals surface area contributed by atoms with Gasteiger partial charge in [-0.3, -0.25) is 4.79 Å². The summed E-state index contributed by atoms with van der Waals surface area (Å²) in [5, 5.41) is 3.37. The maximum Gasteiger partial charge on any atom is 0.222 e. The number of hydrogen-bond donors (Lipinski definition) is 1. The first-order chi connectivity index (χ1) is 7.83. The lowest BCUT2D eigenvalue weighted by molar-refractivity contribution is -0.132. The summed E-state index contributed by atoms with van der Waals surface area (Å²) in [5.74, 6) is 3.64. The van der Waals surface area contributed by atoms with Crippen molar-refractivity contribution in [1.82, 2.24) is 10.2 Å². The first-order valence-corrected chi connectivity index (χ1v) is 6.26. The highest BCUT2D eigenvalue weighted by molar-refractivity contribution is 5.77. The van der Waals surface area contributed by atoms with E-state index in [1.54, 1.807) is 0 Å². The number of carbonyl (C=O) groups is 1. The van der Waals surface area contributed by atoms with Crippen LogP contribution in [0.1, 0.15) is 32.1 Å². The van der Waals surface area contributed by atoms with Gasteiger partial charge in [-0.1, -0.05) is 0 Å². The Bertz CT molecular complexity index is 295. The van der Waals surface area contributed by atoms with E-state index in [0.29, 0.717) is 24.3 Å². The number of fused-ring (bicyclic) bond motifs is 1. The zero-order valence-electron chi connectivity index (χ0n) is 9.74. The van der Waals surface area contributed by atoms with E-state index < -0.39 is 0 Å². The van der Waals surface area contributed by atoms with Crippen molar-refractivity contribution in [3.05, 3.63) is 0 Å². The molecule has 2 fully saturated rings. The van der Waals surface area contributed by atoms with Crippen LogP contribution in [0.25, 0.3) is 0 Å². The molecule has 3 nitrogen and oxygen atoms in total. The van der Waals surface area contributed by atoms with E-state index in [1.165, 1.54) is 6.42 Å².